The molecule has 3 N–H and O–H groups in total. The molecule has 0 saturated carbocycles. The molecule has 1 heterocycles. The lowest BCUT2D eigenvalue weighted by Gasteiger charge is -2.11. The first kappa shape index (κ1) is 11.4. The molecule has 0 aliphatic carbocycles. The number of nitrogens with two attached hydrogens (primary N) is 1. The SMILES string of the molecule is CC(=O)c1cc(N)cc2c1OCC(C)C(=O)N2. The summed E-state index contributed by atoms with van der Waals surface area (Å²) in [5.41, 5.74) is 6.98. The Morgan fingerprint density at radius 3 is 2.88 bits per heavy atom. The number of Topliss-reactive ketones (excluding diaryl/α,β-unsaturated/α-hetero) is 1. The average molecular weight is 234 g/mol. The Bertz CT molecular complexity index is 497. The average Bonchev–Trinajstić information content (AvgIpc) is 2.38. The van der Waals surface area contributed by atoms with Gasteiger partial charge in [0.15, 0.2) is 11.5 Å². The Morgan fingerprint density at radius 2 is 2.24 bits per heavy atom. The number of fused-ring (bicyclic) bond motifs is 1. The zero-order chi connectivity index (χ0) is 12.6. The largest absolute Gasteiger partial charge is 0.490 e. The molecule has 5 nitrogen and oxygen atoms in total. The van der Waals surface area contributed by atoms with Crippen LogP contribution < -0.4 is 15.8 Å². The molecule has 0 spiro atoms. The number of carbonyl (C=O) groups is 2. The molecule has 1 aromatic rings. The summed E-state index contributed by atoms with van der Waals surface area (Å²) in [5, 5.41) is 2.71. The van der Waals surface area contributed by atoms with Crippen LogP contribution in [0.2, 0.25) is 0 Å². The number of hydrogen-bond acceptors (Lipinski definition) is 4. The van der Waals surface area contributed by atoms with Gasteiger partial charge in [0.05, 0.1) is 23.8 Å². The van der Waals surface area contributed by atoms with Crippen molar-refractivity contribution in [2.24, 2.45) is 5.92 Å². The molecule has 2 rings (SSSR count). The van der Waals surface area contributed by atoms with Crippen molar-refractivity contribution in [3.8, 4) is 5.75 Å². The first-order valence-electron chi connectivity index (χ1n) is 5.37. The normalized spacial score (nSPS) is 18.7. The van der Waals surface area contributed by atoms with Crippen molar-refractivity contribution in [1.29, 1.82) is 0 Å². The van der Waals surface area contributed by atoms with Crippen molar-refractivity contribution in [1.82, 2.24) is 0 Å². The Balaban J connectivity index is 2.55. The van der Waals surface area contributed by atoms with Crippen molar-refractivity contribution >= 4 is 23.1 Å². The lowest BCUT2D eigenvalue weighted by atomic mass is 10.1. The van der Waals surface area contributed by atoms with Gasteiger partial charge in [0.25, 0.3) is 0 Å². The zero-order valence-corrected chi connectivity index (χ0v) is 9.74. The summed E-state index contributed by atoms with van der Waals surface area (Å²) < 4.78 is 5.52. The summed E-state index contributed by atoms with van der Waals surface area (Å²) in [6.45, 7) is 3.45. The molecule has 1 unspecified atom stereocenters. The summed E-state index contributed by atoms with van der Waals surface area (Å²) in [4.78, 5) is 23.1. The molecule has 1 aliphatic rings. The molecular weight excluding hydrogens is 220 g/mol. The number of nitrogens with one attached hydrogen (secondary N) is 1. The highest BCUT2D eigenvalue weighted by atomic mass is 16.5. The molecule has 1 amide bonds. The quantitative estimate of drug-likeness (QED) is 0.569. The van der Waals surface area contributed by atoms with Gasteiger partial charge < -0.3 is 15.8 Å². The Hall–Kier alpha value is -2.04. The van der Waals surface area contributed by atoms with E-state index >= 15 is 0 Å². The molecule has 0 saturated heterocycles. The number of nitrogen functional groups attached to an aromatic ring is 1. The number of amides is 1. The van der Waals surface area contributed by atoms with Crippen LogP contribution in [0.4, 0.5) is 11.4 Å². The summed E-state index contributed by atoms with van der Waals surface area (Å²) >= 11 is 0. The number of ether oxygens (including phenoxy) is 1. The number of carbonyl (C=O) groups excluding carboxylic acids is 2. The molecule has 1 atom stereocenters. The van der Waals surface area contributed by atoms with E-state index in [0.717, 1.165) is 0 Å². The molecule has 5 heteroatoms. The number of benzene rings is 1. The highest BCUT2D eigenvalue weighted by Crippen LogP contribution is 2.34. The van der Waals surface area contributed by atoms with E-state index in [1.54, 1.807) is 19.1 Å². The van der Waals surface area contributed by atoms with Crippen molar-refractivity contribution in [3.05, 3.63) is 17.7 Å². The molecular formula is C12H14N2O3. The van der Waals surface area contributed by atoms with Crippen LogP contribution in [0.25, 0.3) is 0 Å². The predicted molar refractivity (Wildman–Crippen MR) is 64.1 cm³/mol. The van der Waals surface area contributed by atoms with Crippen LogP contribution in [-0.4, -0.2) is 18.3 Å². The topological polar surface area (TPSA) is 81.4 Å². The van der Waals surface area contributed by atoms with Gasteiger partial charge in [-0.1, -0.05) is 6.92 Å². The summed E-state index contributed by atoms with van der Waals surface area (Å²) in [6.07, 6.45) is 0. The van der Waals surface area contributed by atoms with Crippen molar-refractivity contribution < 1.29 is 14.3 Å². The molecule has 1 aliphatic heterocycles. The lowest BCUT2D eigenvalue weighted by Crippen LogP contribution is -2.22. The molecule has 17 heavy (non-hydrogen) atoms. The van der Waals surface area contributed by atoms with E-state index in [1.165, 1.54) is 6.92 Å². The third kappa shape index (κ3) is 2.08. The molecule has 0 fully saturated rings. The maximum atomic E-state index is 11.7. The Kier molecular flexibility index (Phi) is 2.75. The smallest absolute Gasteiger partial charge is 0.230 e. The van der Waals surface area contributed by atoms with E-state index in [2.05, 4.69) is 5.32 Å². The van der Waals surface area contributed by atoms with Crippen molar-refractivity contribution in [2.75, 3.05) is 17.7 Å². The zero-order valence-electron chi connectivity index (χ0n) is 9.74. The minimum atomic E-state index is -0.261. The Labute approximate surface area is 98.9 Å². The minimum absolute atomic E-state index is 0.135. The van der Waals surface area contributed by atoms with Crippen LogP contribution in [0.3, 0.4) is 0 Å². The first-order valence-corrected chi connectivity index (χ1v) is 5.37. The monoisotopic (exact) mass is 234 g/mol. The minimum Gasteiger partial charge on any atom is -0.490 e. The maximum absolute atomic E-state index is 11.7. The van der Waals surface area contributed by atoms with Gasteiger partial charge in [0.1, 0.15) is 0 Å². The standard InChI is InChI=1S/C12H14N2O3/c1-6-5-17-11-9(7(2)15)3-8(13)4-10(11)14-12(6)16/h3-4,6H,5,13H2,1-2H3,(H,14,16). The third-order valence-corrected chi connectivity index (χ3v) is 2.67. The van der Waals surface area contributed by atoms with E-state index in [-0.39, 0.29) is 24.2 Å². The fourth-order valence-electron chi connectivity index (χ4n) is 1.70. The predicted octanol–water partition coefficient (Wildman–Crippen LogP) is 1.44. The highest BCUT2D eigenvalue weighted by Gasteiger charge is 2.24. The van der Waals surface area contributed by atoms with Crippen LogP contribution in [0.1, 0.15) is 24.2 Å². The van der Waals surface area contributed by atoms with Gasteiger partial charge in [-0.15, -0.1) is 0 Å². The third-order valence-electron chi connectivity index (χ3n) is 2.67. The second-order valence-electron chi connectivity index (χ2n) is 4.20. The van der Waals surface area contributed by atoms with Crippen LogP contribution in [0.15, 0.2) is 12.1 Å². The van der Waals surface area contributed by atoms with Gasteiger partial charge in [-0.3, -0.25) is 9.59 Å². The van der Waals surface area contributed by atoms with E-state index in [4.69, 9.17) is 10.5 Å². The number of ketones is 1. The number of rotatable bonds is 1. The van der Waals surface area contributed by atoms with Gasteiger partial charge in [0.2, 0.25) is 5.91 Å². The van der Waals surface area contributed by atoms with Crippen molar-refractivity contribution in [2.45, 2.75) is 13.8 Å². The fraction of sp³-hybridized carbons (Fsp3) is 0.333. The molecule has 1 aromatic carbocycles. The van der Waals surface area contributed by atoms with Crippen molar-refractivity contribution in [3.63, 3.8) is 0 Å². The van der Waals surface area contributed by atoms with Crippen LogP contribution >= 0.6 is 0 Å². The maximum Gasteiger partial charge on any atom is 0.230 e. The number of hydrogen-bond donors (Lipinski definition) is 2. The van der Waals surface area contributed by atoms with Gasteiger partial charge >= 0.3 is 0 Å². The lowest BCUT2D eigenvalue weighted by molar-refractivity contribution is -0.119. The van der Waals surface area contributed by atoms with E-state index in [0.29, 0.717) is 22.7 Å². The molecule has 0 aromatic heterocycles. The summed E-state index contributed by atoms with van der Waals surface area (Å²) in [6, 6.07) is 3.15. The van der Waals surface area contributed by atoms with Crippen LogP contribution in [0.5, 0.6) is 5.75 Å². The highest BCUT2D eigenvalue weighted by molar-refractivity contribution is 6.03. The second-order valence-corrected chi connectivity index (χ2v) is 4.20. The first-order chi connectivity index (χ1) is 7.99. The van der Waals surface area contributed by atoms with Gasteiger partial charge in [-0.25, -0.2) is 0 Å². The summed E-state index contributed by atoms with van der Waals surface area (Å²) in [5.74, 6) is -0.131. The van der Waals surface area contributed by atoms with E-state index in [1.807, 2.05) is 0 Å². The van der Waals surface area contributed by atoms with Gasteiger partial charge in [0, 0.05) is 5.69 Å². The van der Waals surface area contributed by atoms with Gasteiger partial charge in [-0.05, 0) is 19.1 Å². The fourth-order valence-corrected chi connectivity index (χ4v) is 1.70. The number of anilines is 2. The Morgan fingerprint density at radius 1 is 1.53 bits per heavy atom. The van der Waals surface area contributed by atoms with E-state index < -0.39 is 0 Å². The van der Waals surface area contributed by atoms with Gasteiger partial charge in [-0.2, -0.15) is 0 Å². The molecule has 0 radical (unpaired) electrons. The van der Waals surface area contributed by atoms with E-state index in [9.17, 15) is 9.59 Å². The van der Waals surface area contributed by atoms with Crippen LogP contribution in [0, 0.1) is 5.92 Å². The molecule has 0 bridgehead atoms. The molecule has 90 valence electrons. The second kappa shape index (κ2) is 4.08. The summed E-state index contributed by atoms with van der Waals surface area (Å²) in [7, 11) is 0. The van der Waals surface area contributed by atoms with Crippen LogP contribution in [-0.2, 0) is 4.79 Å².